The Bertz CT molecular complexity index is 920. The summed E-state index contributed by atoms with van der Waals surface area (Å²) in [6.07, 6.45) is 0.785. The standard InChI is InChI=1S/C16H10Cl2N2OS/c17-10-3-4-11-13(7-10)20-16(21-18)15(11)9-2-1-8-6-14(22)19-12(8)5-9/h1-5,7,20H,6H2,(H,19,22). The Hall–Kier alpha value is -1.75. The van der Waals surface area contributed by atoms with E-state index < -0.39 is 0 Å². The molecule has 0 unspecified atom stereocenters. The predicted molar refractivity (Wildman–Crippen MR) is 95.2 cm³/mol. The van der Waals surface area contributed by atoms with E-state index >= 15 is 0 Å². The van der Waals surface area contributed by atoms with Gasteiger partial charge in [0.05, 0.1) is 16.1 Å². The highest BCUT2D eigenvalue weighted by molar-refractivity contribution is 7.80. The highest BCUT2D eigenvalue weighted by Crippen LogP contribution is 2.40. The fraction of sp³-hybridized carbons (Fsp3) is 0.0625. The van der Waals surface area contributed by atoms with E-state index in [1.807, 2.05) is 24.3 Å². The largest absolute Gasteiger partial charge is 0.366 e. The maximum atomic E-state index is 6.04. The lowest BCUT2D eigenvalue weighted by molar-refractivity contribution is 0.600. The molecule has 0 spiro atoms. The molecule has 0 atom stereocenters. The first-order chi connectivity index (χ1) is 10.7. The van der Waals surface area contributed by atoms with Crippen LogP contribution in [0.1, 0.15) is 5.56 Å². The first kappa shape index (κ1) is 13.9. The van der Waals surface area contributed by atoms with Crippen molar-refractivity contribution in [3.63, 3.8) is 0 Å². The highest BCUT2D eigenvalue weighted by Gasteiger charge is 2.19. The highest BCUT2D eigenvalue weighted by atomic mass is 35.5. The van der Waals surface area contributed by atoms with Gasteiger partial charge in [-0.25, -0.2) is 0 Å². The number of hydrogen-bond acceptors (Lipinski definition) is 2. The number of halogens is 2. The maximum absolute atomic E-state index is 6.04. The van der Waals surface area contributed by atoms with Gasteiger partial charge in [-0.1, -0.05) is 42.0 Å². The third-order valence-electron chi connectivity index (χ3n) is 3.83. The zero-order chi connectivity index (χ0) is 15.3. The minimum absolute atomic E-state index is 0.499. The van der Waals surface area contributed by atoms with Crippen LogP contribution in [-0.4, -0.2) is 9.97 Å². The van der Waals surface area contributed by atoms with Gasteiger partial charge in [0.15, 0.2) is 0 Å². The van der Waals surface area contributed by atoms with Gasteiger partial charge in [-0.05, 0) is 29.3 Å². The second kappa shape index (κ2) is 5.16. The minimum atomic E-state index is 0.499. The number of H-pyrrole nitrogens is 1. The summed E-state index contributed by atoms with van der Waals surface area (Å²) >= 11 is 16.9. The molecule has 0 fully saturated rings. The first-order valence-electron chi connectivity index (χ1n) is 6.68. The monoisotopic (exact) mass is 348 g/mol. The molecule has 1 aliphatic rings. The number of thiocarbonyl (C=S) groups is 1. The topological polar surface area (TPSA) is 37.0 Å². The molecule has 2 aromatic carbocycles. The summed E-state index contributed by atoms with van der Waals surface area (Å²) in [7, 11) is 0. The lowest BCUT2D eigenvalue weighted by Gasteiger charge is -2.06. The molecule has 3 nitrogen and oxygen atoms in total. The third-order valence-corrected chi connectivity index (χ3v) is 4.46. The first-order valence-corrected chi connectivity index (χ1v) is 7.78. The molecule has 2 heterocycles. The van der Waals surface area contributed by atoms with Gasteiger partial charge < -0.3 is 14.6 Å². The van der Waals surface area contributed by atoms with Crippen LogP contribution in [-0.2, 0) is 6.42 Å². The van der Waals surface area contributed by atoms with Crippen LogP contribution >= 0.6 is 35.7 Å². The molecule has 0 radical (unpaired) electrons. The fourth-order valence-corrected chi connectivity index (χ4v) is 3.41. The summed E-state index contributed by atoms with van der Waals surface area (Å²) in [6, 6.07) is 11.8. The van der Waals surface area contributed by atoms with Crippen LogP contribution in [0.4, 0.5) is 5.69 Å². The molecule has 1 aromatic heterocycles. The van der Waals surface area contributed by atoms with Crippen molar-refractivity contribution in [2.75, 3.05) is 5.32 Å². The molecule has 110 valence electrons. The Morgan fingerprint density at radius 3 is 2.82 bits per heavy atom. The average molecular weight is 349 g/mol. The van der Waals surface area contributed by atoms with E-state index in [-0.39, 0.29) is 0 Å². The molecule has 0 saturated heterocycles. The molecule has 0 saturated carbocycles. The van der Waals surface area contributed by atoms with Crippen molar-refractivity contribution >= 4 is 57.3 Å². The van der Waals surface area contributed by atoms with E-state index in [1.54, 1.807) is 0 Å². The number of hydrogen-bond donors (Lipinski definition) is 2. The van der Waals surface area contributed by atoms with Crippen LogP contribution in [0.2, 0.25) is 5.02 Å². The maximum Gasteiger partial charge on any atom is 0.224 e. The normalized spacial score (nSPS) is 13.3. The van der Waals surface area contributed by atoms with Crippen molar-refractivity contribution in [1.29, 1.82) is 0 Å². The van der Waals surface area contributed by atoms with Gasteiger partial charge in [0, 0.05) is 22.5 Å². The zero-order valence-electron chi connectivity index (χ0n) is 11.2. The van der Waals surface area contributed by atoms with Gasteiger partial charge in [-0.3, -0.25) is 0 Å². The number of anilines is 1. The minimum Gasteiger partial charge on any atom is -0.366 e. The Balaban J connectivity index is 1.94. The Morgan fingerprint density at radius 2 is 2.00 bits per heavy atom. The Kier molecular flexibility index (Phi) is 3.26. The molecule has 22 heavy (non-hydrogen) atoms. The molecule has 0 amide bonds. The molecule has 1 aliphatic heterocycles. The zero-order valence-corrected chi connectivity index (χ0v) is 13.6. The molecular formula is C16H10Cl2N2OS. The van der Waals surface area contributed by atoms with Crippen molar-refractivity contribution < 1.29 is 4.29 Å². The van der Waals surface area contributed by atoms with Gasteiger partial charge >= 0.3 is 0 Å². The quantitative estimate of drug-likeness (QED) is 0.615. The molecule has 0 aliphatic carbocycles. The van der Waals surface area contributed by atoms with Gasteiger partial charge in [-0.2, -0.15) is 0 Å². The summed E-state index contributed by atoms with van der Waals surface area (Å²) < 4.78 is 4.99. The molecule has 6 heteroatoms. The second-order valence-corrected chi connectivity index (χ2v) is 6.28. The van der Waals surface area contributed by atoms with Crippen LogP contribution in [0.3, 0.4) is 0 Å². The van der Waals surface area contributed by atoms with Gasteiger partial charge in [0.2, 0.25) is 5.88 Å². The van der Waals surface area contributed by atoms with Crippen molar-refractivity contribution in [2.24, 2.45) is 0 Å². The number of fused-ring (bicyclic) bond motifs is 2. The lowest BCUT2D eigenvalue weighted by atomic mass is 10.0. The summed E-state index contributed by atoms with van der Waals surface area (Å²) in [4.78, 5) is 3.98. The van der Waals surface area contributed by atoms with Crippen molar-refractivity contribution in [3.8, 4) is 17.0 Å². The van der Waals surface area contributed by atoms with Crippen LogP contribution in [0.5, 0.6) is 5.88 Å². The van der Waals surface area contributed by atoms with E-state index in [1.165, 1.54) is 5.56 Å². The predicted octanol–water partition coefficient (Wildman–Crippen LogP) is 5.32. The molecule has 4 rings (SSSR count). The second-order valence-electron chi connectivity index (χ2n) is 5.19. The smallest absolute Gasteiger partial charge is 0.224 e. The van der Waals surface area contributed by atoms with Crippen molar-refractivity contribution in [3.05, 3.63) is 47.0 Å². The van der Waals surface area contributed by atoms with E-state index in [4.69, 9.17) is 40.0 Å². The molecule has 2 N–H and O–H groups in total. The molecule has 0 bridgehead atoms. The van der Waals surface area contributed by atoms with Crippen molar-refractivity contribution in [1.82, 2.24) is 4.98 Å². The average Bonchev–Trinajstić information content (AvgIpc) is 3.04. The third kappa shape index (κ3) is 2.15. The molecular weight excluding hydrogens is 339 g/mol. The Labute approximate surface area is 142 Å². The Morgan fingerprint density at radius 1 is 1.14 bits per heavy atom. The summed E-state index contributed by atoms with van der Waals surface area (Å²) in [5.74, 6) is 0.499. The SMILES string of the molecule is S=C1Cc2ccc(-c3c(OCl)[nH]c4cc(Cl)ccc34)cc2N1. The summed E-state index contributed by atoms with van der Waals surface area (Å²) in [5.41, 5.74) is 5.02. The number of aromatic amines is 1. The van der Waals surface area contributed by atoms with Crippen LogP contribution in [0.15, 0.2) is 36.4 Å². The van der Waals surface area contributed by atoms with Crippen molar-refractivity contribution in [2.45, 2.75) is 6.42 Å². The fourth-order valence-electron chi connectivity index (χ4n) is 2.86. The summed E-state index contributed by atoms with van der Waals surface area (Å²) in [6.45, 7) is 0. The van der Waals surface area contributed by atoms with E-state index in [0.717, 1.165) is 39.1 Å². The summed E-state index contributed by atoms with van der Waals surface area (Å²) in [5, 5.41) is 4.88. The van der Waals surface area contributed by atoms with Crippen LogP contribution < -0.4 is 9.61 Å². The van der Waals surface area contributed by atoms with Gasteiger partial charge in [-0.15, -0.1) is 0 Å². The van der Waals surface area contributed by atoms with Gasteiger partial charge in [0.1, 0.15) is 11.9 Å². The number of benzene rings is 2. The van der Waals surface area contributed by atoms with Crippen LogP contribution in [0.25, 0.3) is 22.0 Å². The van der Waals surface area contributed by atoms with E-state index in [0.29, 0.717) is 10.9 Å². The number of aromatic nitrogens is 1. The number of nitrogens with one attached hydrogen (secondary N) is 2. The van der Waals surface area contributed by atoms with Crippen LogP contribution in [0, 0.1) is 0 Å². The number of rotatable bonds is 2. The molecule has 3 aromatic rings. The van der Waals surface area contributed by atoms with E-state index in [9.17, 15) is 0 Å². The lowest BCUT2D eigenvalue weighted by Crippen LogP contribution is -2.00. The van der Waals surface area contributed by atoms with E-state index in [2.05, 4.69) is 22.4 Å². The van der Waals surface area contributed by atoms with Gasteiger partial charge in [0.25, 0.3) is 0 Å².